The van der Waals surface area contributed by atoms with Crippen molar-refractivity contribution in [3.63, 3.8) is 0 Å². The van der Waals surface area contributed by atoms with Crippen LogP contribution in [0.1, 0.15) is 6.92 Å². The van der Waals surface area contributed by atoms with Gasteiger partial charge < -0.3 is 19.8 Å². The van der Waals surface area contributed by atoms with Crippen molar-refractivity contribution in [1.82, 2.24) is 0 Å². The lowest BCUT2D eigenvalue weighted by atomic mass is 10.2. The van der Waals surface area contributed by atoms with Gasteiger partial charge in [-0.3, -0.25) is 9.05 Å². The van der Waals surface area contributed by atoms with Crippen LogP contribution in [0.2, 0.25) is 0 Å². The molecule has 14 heteroatoms. The van der Waals surface area contributed by atoms with Crippen molar-refractivity contribution in [3.05, 3.63) is 24.8 Å². The van der Waals surface area contributed by atoms with E-state index in [0.717, 1.165) is 6.08 Å². The first-order chi connectivity index (χ1) is 10.4. The van der Waals surface area contributed by atoms with Gasteiger partial charge in [0.1, 0.15) is 0 Å². The fourth-order valence-corrected chi connectivity index (χ4v) is 4.43. The number of phosphoric ester groups is 2. The molecule has 0 amide bonds. The summed E-state index contributed by atoms with van der Waals surface area (Å²) in [7, 11) is -15.5. The maximum absolute atomic E-state index is 11.5. The summed E-state index contributed by atoms with van der Waals surface area (Å²) in [4.78, 5) is 27.6. The van der Waals surface area contributed by atoms with Gasteiger partial charge in [0.2, 0.25) is 0 Å². The second-order valence-electron chi connectivity index (χ2n) is 4.03. The van der Waals surface area contributed by atoms with Crippen LogP contribution in [0.15, 0.2) is 24.8 Å². The van der Waals surface area contributed by atoms with Crippen molar-refractivity contribution in [1.29, 1.82) is 0 Å². The van der Waals surface area contributed by atoms with E-state index in [1.165, 1.54) is 12.2 Å². The third-order valence-electron chi connectivity index (χ3n) is 1.92. The molecule has 4 atom stereocenters. The molecule has 0 aliphatic heterocycles. The summed E-state index contributed by atoms with van der Waals surface area (Å²) >= 11 is 0. The molecule has 4 unspecified atom stereocenters. The Bertz CT molecular complexity index is 545. The number of aliphatic hydroxyl groups excluding tert-OH is 1. The van der Waals surface area contributed by atoms with E-state index in [1.54, 1.807) is 6.92 Å². The van der Waals surface area contributed by atoms with Crippen molar-refractivity contribution in [2.45, 2.75) is 6.92 Å². The molecule has 0 aromatic carbocycles. The average Bonchev–Trinajstić information content (AvgIpc) is 2.38. The van der Waals surface area contributed by atoms with Gasteiger partial charge in [-0.1, -0.05) is 25.2 Å². The molecule has 0 aromatic rings. The first-order valence-corrected chi connectivity index (χ1v) is 10.5. The first kappa shape index (κ1) is 22.9. The number of hydrogen-bond acceptors (Lipinski definition) is 8. The second-order valence-corrected chi connectivity index (χ2v) is 8.66. The van der Waals surface area contributed by atoms with E-state index in [0.29, 0.717) is 0 Å². The molecular weight excluding hydrogens is 377 g/mol. The zero-order chi connectivity index (χ0) is 18.1. The summed E-state index contributed by atoms with van der Waals surface area (Å²) in [6.07, 6.45) is 3.70. The highest BCUT2D eigenvalue weighted by molar-refractivity contribution is 7.66. The molecule has 0 fully saturated rings. The summed E-state index contributed by atoms with van der Waals surface area (Å²) in [6.45, 7) is 3.75. The Morgan fingerprint density at radius 3 is 2.00 bits per heavy atom. The lowest BCUT2D eigenvalue weighted by Gasteiger charge is -2.18. The second kappa shape index (κ2) is 9.98. The Morgan fingerprint density at radius 2 is 1.52 bits per heavy atom. The van der Waals surface area contributed by atoms with Gasteiger partial charge in [-0.05, 0) is 5.92 Å². The van der Waals surface area contributed by atoms with E-state index >= 15 is 0 Å². The molecule has 0 spiro atoms. The Hall–Kier alpha value is -0.150. The highest BCUT2D eigenvalue weighted by Gasteiger charge is 2.42. The van der Waals surface area contributed by atoms with Gasteiger partial charge in [-0.15, -0.1) is 6.58 Å². The van der Waals surface area contributed by atoms with Crippen LogP contribution >= 0.6 is 23.5 Å². The molecule has 0 radical (unpaired) electrons. The van der Waals surface area contributed by atoms with E-state index in [9.17, 15) is 28.4 Å². The van der Waals surface area contributed by atoms with Gasteiger partial charge in [0.15, 0.2) is 0 Å². The summed E-state index contributed by atoms with van der Waals surface area (Å²) in [5, 5.41) is 8.43. The summed E-state index contributed by atoms with van der Waals surface area (Å²) < 4.78 is 50.6. The summed E-state index contributed by atoms with van der Waals surface area (Å²) in [5.41, 5.74) is 0. The molecule has 0 aromatic heterocycles. The van der Waals surface area contributed by atoms with Crippen LogP contribution in [0.3, 0.4) is 0 Å². The van der Waals surface area contributed by atoms with Crippen LogP contribution in [0.25, 0.3) is 0 Å². The Balaban J connectivity index is 4.64. The predicted molar refractivity (Wildman–Crippen MR) is 79.1 cm³/mol. The van der Waals surface area contributed by atoms with Gasteiger partial charge in [0, 0.05) is 0 Å². The normalized spacial score (nSPS) is 21.3. The van der Waals surface area contributed by atoms with Gasteiger partial charge in [0.25, 0.3) is 0 Å². The predicted octanol–water partition coefficient (Wildman–Crippen LogP) is 1.72. The maximum Gasteiger partial charge on any atom is 0.490 e. The molecule has 0 heterocycles. The molecule has 0 saturated carbocycles. The molecule has 0 aliphatic carbocycles. The number of phosphoric acid groups is 3. The molecule has 4 N–H and O–H groups in total. The van der Waals surface area contributed by atoms with Gasteiger partial charge in [-0.2, -0.15) is 8.62 Å². The largest absolute Gasteiger partial charge is 0.490 e. The van der Waals surface area contributed by atoms with Crippen LogP contribution in [-0.4, -0.2) is 39.6 Å². The molecular formula is C9H19O11P3. The van der Waals surface area contributed by atoms with Crippen molar-refractivity contribution < 1.29 is 51.2 Å². The van der Waals surface area contributed by atoms with Crippen molar-refractivity contribution >= 4 is 23.5 Å². The minimum absolute atomic E-state index is 0.351. The lowest BCUT2D eigenvalue weighted by Crippen LogP contribution is -2.03. The van der Waals surface area contributed by atoms with Crippen molar-refractivity contribution in [2.24, 2.45) is 5.92 Å². The quantitative estimate of drug-likeness (QED) is 0.280. The molecule has 23 heavy (non-hydrogen) atoms. The first-order valence-electron chi connectivity index (χ1n) is 6.01. The Morgan fingerprint density at radius 1 is 1.00 bits per heavy atom. The summed E-state index contributed by atoms with van der Waals surface area (Å²) in [6, 6.07) is 0. The number of rotatable bonds is 12. The average molecular weight is 396 g/mol. The third-order valence-corrected chi connectivity index (χ3v) is 6.17. The molecule has 136 valence electrons. The highest BCUT2D eigenvalue weighted by atomic mass is 31.3. The third kappa shape index (κ3) is 11.9. The SMILES string of the molecule is C=CC(C)COP(=O)(O)OP(=O)(O)OP(=O)(O)OC/C=C/CO. The Kier molecular flexibility index (Phi) is 9.92. The van der Waals surface area contributed by atoms with Crippen LogP contribution in [0.5, 0.6) is 0 Å². The molecule has 0 rings (SSSR count). The minimum Gasteiger partial charge on any atom is -0.392 e. The van der Waals surface area contributed by atoms with Crippen LogP contribution in [0.4, 0.5) is 0 Å². The molecule has 0 aliphatic rings. The molecule has 11 nitrogen and oxygen atoms in total. The maximum atomic E-state index is 11.5. The van der Waals surface area contributed by atoms with E-state index < -0.39 is 30.1 Å². The Labute approximate surface area is 133 Å². The van der Waals surface area contributed by atoms with E-state index in [2.05, 4.69) is 24.2 Å². The topological polar surface area (TPSA) is 169 Å². The van der Waals surface area contributed by atoms with Crippen LogP contribution in [0, 0.1) is 5.92 Å². The summed E-state index contributed by atoms with van der Waals surface area (Å²) in [5.74, 6) is -0.358. The molecule has 0 bridgehead atoms. The van der Waals surface area contributed by atoms with Gasteiger partial charge in [0.05, 0.1) is 19.8 Å². The fraction of sp³-hybridized carbons (Fsp3) is 0.556. The van der Waals surface area contributed by atoms with E-state index in [-0.39, 0.29) is 19.1 Å². The number of aliphatic hydroxyl groups is 1. The van der Waals surface area contributed by atoms with Gasteiger partial charge in [-0.25, -0.2) is 13.7 Å². The zero-order valence-corrected chi connectivity index (χ0v) is 14.8. The lowest BCUT2D eigenvalue weighted by molar-refractivity contribution is 0.157. The van der Waals surface area contributed by atoms with E-state index in [4.69, 9.17) is 5.11 Å². The fourth-order valence-electron chi connectivity index (χ4n) is 0.882. The highest BCUT2D eigenvalue weighted by Crippen LogP contribution is 2.67. The number of hydrogen-bond donors (Lipinski definition) is 4. The molecule has 0 saturated heterocycles. The zero-order valence-electron chi connectivity index (χ0n) is 12.1. The smallest absolute Gasteiger partial charge is 0.392 e. The van der Waals surface area contributed by atoms with Gasteiger partial charge >= 0.3 is 23.5 Å². The van der Waals surface area contributed by atoms with Crippen LogP contribution < -0.4 is 0 Å². The monoisotopic (exact) mass is 396 g/mol. The van der Waals surface area contributed by atoms with Crippen molar-refractivity contribution in [2.75, 3.05) is 19.8 Å². The minimum atomic E-state index is -5.44. The van der Waals surface area contributed by atoms with Crippen molar-refractivity contribution in [3.8, 4) is 0 Å². The van der Waals surface area contributed by atoms with E-state index in [1.807, 2.05) is 0 Å². The van der Waals surface area contributed by atoms with Crippen LogP contribution in [-0.2, 0) is 31.4 Å². The standard InChI is InChI=1S/C9H19O11P3/c1-3-9(2)8-18-22(13,14)20-23(15,16)19-21(11,12)17-7-5-4-6-10/h3-5,9-10H,1,6-8H2,2H3,(H,11,12)(H,13,14)(H,15,16)/b5-4+.